The first-order chi connectivity index (χ1) is 10.1. The molecule has 6 heteroatoms. The summed E-state index contributed by atoms with van der Waals surface area (Å²) in [5, 5.41) is 3.76. The number of nitrogens with zero attached hydrogens (tertiary/aromatic N) is 3. The first-order valence-corrected chi connectivity index (χ1v) is 7.92. The van der Waals surface area contributed by atoms with E-state index in [1.165, 1.54) is 0 Å². The van der Waals surface area contributed by atoms with Gasteiger partial charge in [-0.15, -0.1) is 0 Å². The summed E-state index contributed by atoms with van der Waals surface area (Å²) in [7, 11) is 0. The molecule has 1 amide bonds. The molecule has 1 saturated carbocycles. The average molecular weight is 309 g/mol. The van der Waals surface area contributed by atoms with Crippen LogP contribution in [0, 0.1) is 0 Å². The van der Waals surface area contributed by atoms with E-state index in [4.69, 9.17) is 11.6 Å². The molecular weight excluding hydrogens is 288 g/mol. The number of carbonyl (C=O) groups excluding carboxylic acids is 1. The van der Waals surface area contributed by atoms with Crippen molar-refractivity contribution in [1.82, 2.24) is 15.2 Å². The Morgan fingerprint density at radius 1 is 1.38 bits per heavy atom. The van der Waals surface area contributed by atoms with Crippen molar-refractivity contribution in [3.63, 3.8) is 0 Å². The number of hydrogen-bond acceptors (Lipinski definition) is 4. The summed E-state index contributed by atoms with van der Waals surface area (Å²) in [6, 6.07) is 2.32. The zero-order valence-corrected chi connectivity index (χ0v) is 13.0. The summed E-state index contributed by atoms with van der Waals surface area (Å²) < 4.78 is 0. The predicted octanol–water partition coefficient (Wildman–Crippen LogP) is 1.52. The molecule has 3 rings (SSSR count). The normalized spacial score (nSPS) is 21.1. The molecule has 0 bridgehead atoms. The number of halogens is 1. The number of piperazine rings is 1. The van der Waals surface area contributed by atoms with E-state index < -0.39 is 0 Å². The molecule has 1 saturated heterocycles. The van der Waals surface area contributed by atoms with Crippen molar-refractivity contribution in [3.8, 4) is 0 Å². The molecule has 114 valence electrons. The number of hydrogen-bond donors (Lipinski definition) is 1. The second kappa shape index (κ2) is 6.20. The van der Waals surface area contributed by atoms with E-state index in [2.05, 4.69) is 20.1 Å². The van der Waals surface area contributed by atoms with Crippen LogP contribution in [0.5, 0.6) is 0 Å². The highest BCUT2D eigenvalue weighted by Crippen LogP contribution is 2.25. The van der Waals surface area contributed by atoms with Crippen LogP contribution in [0.3, 0.4) is 0 Å². The van der Waals surface area contributed by atoms with Crippen molar-refractivity contribution in [3.05, 3.63) is 23.5 Å². The Bertz CT molecular complexity index is 512. The molecule has 2 heterocycles. The van der Waals surface area contributed by atoms with E-state index in [9.17, 15) is 4.79 Å². The van der Waals surface area contributed by atoms with Crippen LogP contribution >= 0.6 is 11.6 Å². The van der Waals surface area contributed by atoms with Crippen LogP contribution in [0.25, 0.3) is 0 Å². The molecule has 1 aliphatic heterocycles. The Morgan fingerprint density at radius 3 is 2.71 bits per heavy atom. The van der Waals surface area contributed by atoms with E-state index in [1.807, 2.05) is 13.0 Å². The van der Waals surface area contributed by atoms with Crippen molar-refractivity contribution in [2.75, 3.05) is 31.1 Å². The fourth-order valence-electron chi connectivity index (χ4n) is 2.69. The van der Waals surface area contributed by atoms with Crippen molar-refractivity contribution in [2.45, 2.75) is 31.8 Å². The molecule has 1 aromatic heterocycles. The lowest BCUT2D eigenvalue weighted by Crippen LogP contribution is -2.54. The number of aromatic nitrogens is 1. The molecule has 0 aromatic carbocycles. The third kappa shape index (κ3) is 3.47. The SMILES string of the molecule is C[C@H](C(=O)NC1CC1)N1CCN(c2ccncc2Cl)CC1. The Hall–Kier alpha value is -1.33. The van der Waals surface area contributed by atoms with E-state index in [-0.39, 0.29) is 11.9 Å². The Labute approximate surface area is 130 Å². The second-order valence-electron chi connectivity index (χ2n) is 5.81. The number of carbonyl (C=O) groups is 1. The minimum atomic E-state index is -0.0549. The molecule has 2 aliphatic rings. The molecule has 0 radical (unpaired) electrons. The maximum atomic E-state index is 12.1. The van der Waals surface area contributed by atoms with Crippen molar-refractivity contribution in [1.29, 1.82) is 0 Å². The first kappa shape index (κ1) is 14.6. The van der Waals surface area contributed by atoms with E-state index >= 15 is 0 Å². The lowest BCUT2D eigenvalue weighted by atomic mass is 10.2. The van der Waals surface area contributed by atoms with Crippen LogP contribution in [-0.4, -0.2) is 54.1 Å². The van der Waals surface area contributed by atoms with Crippen LogP contribution < -0.4 is 10.2 Å². The highest BCUT2D eigenvalue weighted by molar-refractivity contribution is 6.33. The van der Waals surface area contributed by atoms with Gasteiger partial charge in [-0.1, -0.05) is 11.6 Å². The molecule has 1 atom stereocenters. The number of pyridine rings is 1. The first-order valence-electron chi connectivity index (χ1n) is 7.54. The van der Waals surface area contributed by atoms with Crippen LogP contribution in [-0.2, 0) is 4.79 Å². The summed E-state index contributed by atoms with van der Waals surface area (Å²) in [5.74, 6) is 0.160. The van der Waals surface area contributed by atoms with Gasteiger partial charge in [0.2, 0.25) is 5.91 Å². The zero-order valence-electron chi connectivity index (χ0n) is 12.3. The third-order valence-corrected chi connectivity index (χ3v) is 4.55. The molecule has 1 N–H and O–H groups in total. The number of anilines is 1. The van der Waals surface area contributed by atoms with Gasteiger partial charge in [-0.2, -0.15) is 0 Å². The third-order valence-electron chi connectivity index (χ3n) is 4.26. The molecule has 0 unspecified atom stereocenters. The number of nitrogens with one attached hydrogen (secondary N) is 1. The second-order valence-corrected chi connectivity index (χ2v) is 6.22. The van der Waals surface area contributed by atoms with Gasteiger partial charge in [0.05, 0.1) is 16.8 Å². The fourth-order valence-corrected chi connectivity index (χ4v) is 2.93. The summed E-state index contributed by atoms with van der Waals surface area (Å²) >= 11 is 6.19. The van der Waals surface area contributed by atoms with Gasteiger partial charge < -0.3 is 10.2 Å². The van der Waals surface area contributed by atoms with E-state index in [0.717, 1.165) is 44.7 Å². The maximum Gasteiger partial charge on any atom is 0.237 e. The molecule has 2 fully saturated rings. The number of rotatable bonds is 4. The van der Waals surface area contributed by atoms with Crippen LogP contribution in [0.15, 0.2) is 18.5 Å². The smallest absolute Gasteiger partial charge is 0.237 e. The molecule has 0 spiro atoms. The van der Waals surface area contributed by atoms with Gasteiger partial charge in [0.25, 0.3) is 0 Å². The summed E-state index contributed by atoms with van der Waals surface area (Å²) in [5.41, 5.74) is 1.03. The Kier molecular flexibility index (Phi) is 4.31. The van der Waals surface area contributed by atoms with E-state index in [1.54, 1.807) is 12.4 Å². The fraction of sp³-hybridized carbons (Fsp3) is 0.600. The van der Waals surface area contributed by atoms with Crippen LogP contribution in [0.4, 0.5) is 5.69 Å². The summed E-state index contributed by atoms with van der Waals surface area (Å²) in [6.07, 6.45) is 5.70. The topological polar surface area (TPSA) is 48.5 Å². The molecule has 21 heavy (non-hydrogen) atoms. The lowest BCUT2D eigenvalue weighted by Gasteiger charge is -2.38. The molecule has 1 aliphatic carbocycles. The quantitative estimate of drug-likeness (QED) is 0.916. The summed E-state index contributed by atoms with van der Waals surface area (Å²) in [6.45, 7) is 5.50. The van der Waals surface area contributed by atoms with Crippen molar-refractivity contribution >= 4 is 23.2 Å². The number of amides is 1. The van der Waals surface area contributed by atoms with Gasteiger partial charge in [0.1, 0.15) is 0 Å². The maximum absolute atomic E-state index is 12.1. The van der Waals surface area contributed by atoms with Crippen LogP contribution in [0.1, 0.15) is 19.8 Å². The van der Waals surface area contributed by atoms with Gasteiger partial charge in [-0.25, -0.2) is 0 Å². The van der Waals surface area contributed by atoms with Gasteiger partial charge >= 0.3 is 0 Å². The minimum Gasteiger partial charge on any atom is -0.368 e. The van der Waals surface area contributed by atoms with Crippen molar-refractivity contribution in [2.24, 2.45) is 0 Å². The highest BCUT2D eigenvalue weighted by Gasteiger charge is 2.30. The van der Waals surface area contributed by atoms with Gasteiger partial charge in [-0.05, 0) is 25.8 Å². The average Bonchev–Trinajstić information content (AvgIpc) is 3.31. The lowest BCUT2D eigenvalue weighted by molar-refractivity contribution is -0.126. The molecule has 1 aromatic rings. The predicted molar refractivity (Wildman–Crippen MR) is 83.7 cm³/mol. The largest absolute Gasteiger partial charge is 0.368 e. The van der Waals surface area contributed by atoms with Gasteiger partial charge in [0, 0.05) is 44.6 Å². The highest BCUT2D eigenvalue weighted by atomic mass is 35.5. The van der Waals surface area contributed by atoms with E-state index in [0.29, 0.717) is 11.1 Å². The van der Waals surface area contributed by atoms with Gasteiger partial charge in [0.15, 0.2) is 0 Å². The van der Waals surface area contributed by atoms with Crippen LogP contribution in [0.2, 0.25) is 5.02 Å². The molecule has 5 nitrogen and oxygen atoms in total. The summed E-state index contributed by atoms with van der Waals surface area (Å²) in [4.78, 5) is 20.6. The molecular formula is C15H21ClN4O. The van der Waals surface area contributed by atoms with Crippen molar-refractivity contribution < 1.29 is 4.79 Å². The zero-order chi connectivity index (χ0) is 14.8. The monoisotopic (exact) mass is 308 g/mol. The Balaban J connectivity index is 1.54. The minimum absolute atomic E-state index is 0.0549. The standard InChI is InChI=1S/C15H21ClN4O/c1-11(15(21)18-12-2-3-12)19-6-8-20(9-7-19)14-4-5-17-10-13(14)16/h4-5,10-12H,2-3,6-9H2,1H3,(H,18,21)/t11-/m1/s1. The Morgan fingerprint density at radius 2 is 2.10 bits per heavy atom. The van der Waals surface area contributed by atoms with Gasteiger partial charge in [-0.3, -0.25) is 14.7 Å².